The standard InChI is InChI=1S/C14H8ClF2N3O/c15-10-6-8(16)2-3-9(10)13-19-14(21-20-13)7-1-4-12(18)11(17)5-7/h1-6H,18H2. The molecular weight excluding hydrogens is 300 g/mol. The Hall–Kier alpha value is -2.47. The van der Waals surface area contributed by atoms with Gasteiger partial charge in [0.15, 0.2) is 0 Å². The Morgan fingerprint density at radius 2 is 1.90 bits per heavy atom. The second-order valence-electron chi connectivity index (χ2n) is 4.28. The number of aromatic nitrogens is 2. The van der Waals surface area contributed by atoms with Gasteiger partial charge in [-0.05, 0) is 36.4 Å². The van der Waals surface area contributed by atoms with Crippen LogP contribution in [0.2, 0.25) is 5.02 Å². The molecule has 0 amide bonds. The van der Waals surface area contributed by atoms with Crippen molar-refractivity contribution in [3.8, 4) is 22.8 Å². The van der Waals surface area contributed by atoms with Crippen molar-refractivity contribution in [3.05, 3.63) is 53.1 Å². The maximum absolute atomic E-state index is 13.4. The molecule has 0 aliphatic rings. The van der Waals surface area contributed by atoms with Gasteiger partial charge in [0.2, 0.25) is 5.82 Å². The topological polar surface area (TPSA) is 64.9 Å². The van der Waals surface area contributed by atoms with Crippen molar-refractivity contribution in [1.82, 2.24) is 10.1 Å². The SMILES string of the molecule is Nc1ccc(-c2nc(-c3ccc(F)cc3Cl)no2)cc1F. The Bertz CT molecular complexity index is 820. The molecular formula is C14H8ClF2N3O. The van der Waals surface area contributed by atoms with Crippen LogP contribution in [0, 0.1) is 11.6 Å². The summed E-state index contributed by atoms with van der Waals surface area (Å²) < 4.78 is 31.5. The molecule has 0 unspecified atom stereocenters. The molecule has 3 aromatic rings. The van der Waals surface area contributed by atoms with Crippen LogP contribution in [0.1, 0.15) is 0 Å². The van der Waals surface area contributed by atoms with Crippen LogP contribution < -0.4 is 5.73 Å². The van der Waals surface area contributed by atoms with Crippen LogP contribution in [-0.4, -0.2) is 10.1 Å². The van der Waals surface area contributed by atoms with Gasteiger partial charge in [-0.1, -0.05) is 16.8 Å². The van der Waals surface area contributed by atoms with Gasteiger partial charge in [-0.3, -0.25) is 0 Å². The van der Waals surface area contributed by atoms with Gasteiger partial charge >= 0.3 is 0 Å². The number of hydrogen-bond acceptors (Lipinski definition) is 4. The average molecular weight is 308 g/mol. The summed E-state index contributed by atoms with van der Waals surface area (Å²) in [6, 6.07) is 7.98. The predicted molar refractivity (Wildman–Crippen MR) is 74.5 cm³/mol. The van der Waals surface area contributed by atoms with Gasteiger partial charge in [0.05, 0.1) is 10.7 Å². The molecule has 1 aromatic heterocycles. The van der Waals surface area contributed by atoms with Gasteiger partial charge in [0, 0.05) is 11.1 Å². The molecule has 106 valence electrons. The third kappa shape index (κ3) is 2.57. The predicted octanol–water partition coefficient (Wildman–Crippen LogP) is 3.92. The van der Waals surface area contributed by atoms with E-state index in [2.05, 4.69) is 10.1 Å². The van der Waals surface area contributed by atoms with E-state index in [1.165, 1.54) is 24.3 Å². The molecule has 0 aliphatic carbocycles. The van der Waals surface area contributed by atoms with Crippen LogP contribution in [0.15, 0.2) is 40.9 Å². The van der Waals surface area contributed by atoms with Crippen molar-refractivity contribution in [2.75, 3.05) is 5.73 Å². The highest BCUT2D eigenvalue weighted by molar-refractivity contribution is 6.33. The first-order valence-electron chi connectivity index (χ1n) is 5.89. The summed E-state index contributed by atoms with van der Waals surface area (Å²) in [7, 11) is 0. The second-order valence-corrected chi connectivity index (χ2v) is 4.69. The van der Waals surface area contributed by atoms with Crippen molar-refractivity contribution in [3.63, 3.8) is 0 Å². The minimum Gasteiger partial charge on any atom is -0.396 e. The molecule has 0 aliphatic heterocycles. The van der Waals surface area contributed by atoms with E-state index in [1.807, 2.05) is 0 Å². The summed E-state index contributed by atoms with van der Waals surface area (Å²) in [5.41, 5.74) is 6.24. The molecule has 0 saturated heterocycles. The number of halogens is 3. The molecule has 2 aromatic carbocycles. The smallest absolute Gasteiger partial charge is 0.258 e. The van der Waals surface area contributed by atoms with Gasteiger partial charge in [-0.15, -0.1) is 0 Å². The van der Waals surface area contributed by atoms with Crippen LogP contribution in [0.3, 0.4) is 0 Å². The van der Waals surface area contributed by atoms with E-state index < -0.39 is 11.6 Å². The molecule has 4 nitrogen and oxygen atoms in total. The zero-order chi connectivity index (χ0) is 15.0. The summed E-state index contributed by atoms with van der Waals surface area (Å²) in [5, 5.41) is 3.92. The van der Waals surface area contributed by atoms with Gasteiger partial charge in [0.1, 0.15) is 11.6 Å². The van der Waals surface area contributed by atoms with Crippen LogP contribution in [0.4, 0.5) is 14.5 Å². The number of nitrogen functional groups attached to an aromatic ring is 1. The molecule has 3 rings (SSSR count). The van der Waals surface area contributed by atoms with Crippen LogP contribution in [0.25, 0.3) is 22.8 Å². The third-order valence-corrected chi connectivity index (χ3v) is 3.16. The van der Waals surface area contributed by atoms with Crippen molar-refractivity contribution in [2.24, 2.45) is 0 Å². The molecule has 0 atom stereocenters. The first-order chi connectivity index (χ1) is 10.0. The van der Waals surface area contributed by atoms with Crippen LogP contribution >= 0.6 is 11.6 Å². The Morgan fingerprint density at radius 1 is 1.10 bits per heavy atom. The first-order valence-corrected chi connectivity index (χ1v) is 6.27. The first kappa shape index (κ1) is 13.5. The lowest BCUT2D eigenvalue weighted by Gasteiger charge is -1.98. The van der Waals surface area contributed by atoms with E-state index in [9.17, 15) is 8.78 Å². The lowest BCUT2D eigenvalue weighted by Crippen LogP contribution is -1.90. The fraction of sp³-hybridized carbons (Fsp3) is 0. The Balaban J connectivity index is 2.01. The van der Waals surface area contributed by atoms with Crippen LogP contribution in [0.5, 0.6) is 0 Å². The van der Waals surface area contributed by atoms with Crippen molar-refractivity contribution >= 4 is 17.3 Å². The number of nitrogens with two attached hydrogens (primary N) is 1. The van der Waals surface area contributed by atoms with Crippen LogP contribution in [-0.2, 0) is 0 Å². The highest BCUT2D eigenvalue weighted by Gasteiger charge is 2.14. The number of anilines is 1. The Labute approximate surface area is 123 Å². The minimum absolute atomic E-state index is 0.0278. The number of benzene rings is 2. The molecule has 2 N–H and O–H groups in total. The van der Waals surface area contributed by atoms with E-state index >= 15 is 0 Å². The lowest BCUT2D eigenvalue weighted by atomic mass is 10.2. The molecule has 0 bridgehead atoms. The number of nitrogens with zero attached hydrogens (tertiary/aromatic N) is 2. The summed E-state index contributed by atoms with van der Waals surface area (Å²) >= 11 is 5.93. The highest BCUT2D eigenvalue weighted by atomic mass is 35.5. The highest BCUT2D eigenvalue weighted by Crippen LogP contribution is 2.29. The fourth-order valence-electron chi connectivity index (χ4n) is 1.78. The molecule has 0 spiro atoms. The summed E-state index contributed by atoms with van der Waals surface area (Å²) in [6.45, 7) is 0. The van der Waals surface area contributed by atoms with Crippen molar-refractivity contribution in [1.29, 1.82) is 0 Å². The van der Waals surface area contributed by atoms with Gasteiger partial charge < -0.3 is 10.3 Å². The largest absolute Gasteiger partial charge is 0.396 e. The minimum atomic E-state index is -0.577. The van der Waals surface area contributed by atoms with E-state index in [4.69, 9.17) is 21.9 Å². The molecule has 0 saturated carbocycles. The molecule has 0 radical (unpaired) electrons. The van der Waals surface area contributed by atoms with E-state index in [0.717, 1.165) is 6.07 Å². The quantitative estimate of drug-likeness (QED) is 0.729. The van der Waals surface area contributed by atoms with E-state index in [-0.39, 0.29) is 22.4 Å². The summed E-state index contributed by atoms with van der Waals surface area (Å²) in [4.78, 5) is 4.12. The number of hydrogen-bond donors (Lipinski definition) is 1. The third-order valence-electron chi connectivity index (χ3n) is 2.85. The number of rotatable bonds is 2. The fourth-order valence-corrected chi connectivity index (χ4v) is 2.03. The second kappa shape index (κ2) is 5.14. The Kier molecular flexibility index (Phi) is 3.31. The maximum Gasteiger partial charge on any atom is 0.258 e. The zero-order valence-corrected chi connectivity index (χ0v) is 11.2. The molecule has 0 fully saturated rings. The molecule has 1 heterocycles. The monoisotopic (exact) mass is 307 g/mol. The zero-order valence-electron chi connectivity index (χ0n) is 10.5. The lowest BCUT2D eigenvalue weighted by molar-refractivity contribution is 0.432. The molecule has 21 heavy (non-hydrogen) atoms. The van der Waals surface area contributed by atoms with Crippen molar-refractivity contribution in [2.45, 2.75) is 0 Å². The summed E-state index contributed by atoms with van der Waals surface area (Å²) in [5.74, 6) is -0.739. The van der Waals surface area contributed by atoms with E-state index in [0.29, 0.717) is 11.1 Å². The van der Waals surface area contributed by atoms with E-state index in [1.54, 1.807) is 6.07 Å². The van der Waals surface area contributed by atoms with Gasteiger partial charge in [-0.2, -0.15) is 4.98 Å². The van der Waals surface area contributed by atoms with Crippen molar-refractivity contribution < 1.29 is 13.3 Å². The van der Waals surface area contributed by atoms with Gasteiger partial charge in [-0.25, -0.2) is 8.78 Å². The normalized spacial score (nSPS) is 10.8. The van der Waals surface area contributed by atoms with Gasteiger partial charge in [0.25, 0.3) is 5.89 Å². The summed E-state index contributed by atoms with van der Waals surface area (Å²) in [6.07, 6.45) is 0. The average Bonchev–Trinajstić information content (AvgIpc) is 2.91. The Morgan fingerprint density at radius 3 is 2.62 bits per heavy atom. The molecule has 7 heteroatoms. The maximum atomic E-state index is 13.4.